The van der Waals surface area contributed by atoms with Gasteiger partial charge in [0.05, 0.1) is 13.7 Å². The second-order valence-corrected chi connectivity index (χ2v) is 8.45. The molecule has 1 aromatic carbocycles. The molecule has 0 unspecified atom stereocenters. The number of benzene rings is 1. The number of amides is 3. The summed E-state index contributed by atoms with van der Waals surface area (Å²) in [6.45, 7) is 5.33. The second kappa shape index (κ2) is 7.31. The maximum atomic E-state index is 13.1. The molecular formula is C23H27N3O4. The maximum Gasteiger partial charge on any atom is 0.325 e. The number of nitrogens with zero attached hydrogens (tertiary/aromatic N) is 2. The Morgan fingerprint density at radius 3 is 2.60 bits per heavy atom. The van der Waals surface area contributed by atoms with E-state index in [4.69, 9.17) is 4.74 Å². The standard InChI is InChI=1S/C23H27N3O4/c1-14-11-18(15(2)26(14)17-9-10-17)19(27)13-25-21(28)23(3,24-22(25)29)12-16-7-5-6-8-20(16)30-4/h5-8,11,17H,9-10,12-13H2,1-4H3,(H,24,29)/t23-/m1/s1. The second-order valence-electron chi connectivity index (χ2n) is 8.45. The van der Waals surface area contributed by atoms with Gasteiger partial charge in [0, 0.05) is 29.4 Å². The van der Waals surface area contributed by atoms with Crippen molar-refractivity contribution in [2.24, 2.45) is 0 Å². The highest BCUT2D eigenvalue weighted by atomic mass is 16.5. The number of methoxy groups -OCH3 is 1. The molecule has 1 aliphatic carbocycles. The number of ether oxygens (including phenoxy) is 1. The first kappa shape index (κ1) is 20.2. The van der Waals surface area contributed by atoms with E-state index in [1.54, 1.807) is 14.0 Å². The highest BCUT2D eigenvalue weighted by Gasteiger charge is 2.48. The number of Topliss-reactive ketones (excluding diaryl/α,β-unsaturated/α-hetero) is 1. The SMILES string of the molecule is COc1ccccc1C[C@@]1(C)NC(=O)N(CC(=O)c2cc(C)n(C3CC3)c2C)C1=O. The largest absolute Gasteiger partial charge is 0.496 e. The summed E-state index contributed by atoms with van der Waals surface area (Å²) in [6.07, 6.45) is 2.53. The van der Waals surface area contributed by atoms with Crippen molar-refractivity contribution in [1.29, 1.82) is 0 Å². The average molecular weight is 409 g/mol. The van der Waals surface area contributed by atoms with Crippen molar-refractivity contribution >= 4 is 17.7 Å². The fraction of sp³-hybridized carbons (Fsp3) is 0.435. The molecule has 2 aromatic rings. The van der Waals surface area contributed by atoms with E-state index in [-0.39, 0.29) is 18.7 Å². The number of aromatic nitrogens is 1. The maximum absolute atomic E-state index is 13.1. The zero-order valence-corrected chi connectivity index (χ0v) is 17.8. The summed E-state index contributed by atoms with van der Waals surface area (Å²) in [7, 11) is 1.57. The molecule has 1 aromatic heterocycles. The number of hydrogen-bond acceptors (Lipinski definition) is 4. The van der Waals surface area contributed by atoms with E-state index in [1.165, 1.54) is 0 Å². The summed E-state index contributed by atoms with van der Waals surface area (Å²) in [5, 5.41) is 2.77. The van der Waals surface area contributed by atoms with Crippen LogP contribution in [-0.4, -0.2) is 46.4 Å². The van der Waals surface area contributed by atoms with Gasteiger partial charge in [-0.25, -0.2) is 4.79 Å². The number of rotatable bonds is 7. The van der Waals surface area contributed by atoms with Crippen LogP contribution in [-0.2, 0) is 11.2 Å². The molecule has 2 heterocycles. The zero-order valence-electron chi connectivity index (χ0n) is 17.8. The summed E-state index contributed by atoms with van der Waals surface area (Å²) in [4.78, 5) is 39.7. The van der Waals surface area contributed by atoms with Crippen LogP contribution in [0, 0.1) is 13.8 Å². The van der Waals surface area contributed by atoms with Crippen molar-refractivity contribution in [3.63, 3.8) is 0 Å². The van der Waals surface area contributed by atoms with Gasteiger partial charge in [0.1, 0.15) is 11.3 Å². The summed E-state index contributed by atoms with van der Waals surface area (Å²) in [5.74, 6) is 0.0330. The molecule has 3 amide bonds. The van der Waals surface area contributed by atoms with Crippen molar-refractivity contribution in [1.82, 2.24) is 14.8 Å². The van der Waals surface area contributed by atoms with Crippen LogP contribution in [0.4, 0.5) is 4.79 Å². The normalized spacial score (nSPS) is 21.1. The van der Waals surface area contributed by atoms with Crippen molar-refractivity contribution in [2.45, 2.75) is 51.6 Å². The number of ketones is 1. The summed E-state index contributed by atoms with van der Waals surface area (Å²) in [5.41, 5.74) is 2.22. The molecular weight excluding hydrogens is 382 g/mol. The van der Waals surface area contributed by atoms with Crippen LogP contribution < -0.4 is 10.1 Å². The first-order chi connectivity index (χ1) is 14.2. The van der Waals surface area contributed by atoms with E-state index < -0.39 is 17.5 Å². The lowest BCUT2D eigenvalue weighted by molar-refractivity contribution is -0.130. The van der Waals surface area contributed by atoms with Gasteiger partial charge in [-0.2, -0.15) is 0 Å². The topological polar surface area (TPSA) is 80.6 Å². The third-order valence-corrected chi connectivity index (χ3v) is 6.08. The molecule has 158 valence electrons. The Hall–Kier alpha value is -3.09. The van der Waals surface area contributed by atoms with Crippen LogP contribution in [0.2, 0.25) is 0 Å². The molecule has 0 radical (unpaired) electrons. The number of hydrogen-bond donors (Lipinski definition) is 1. The quantitative estimate of drug-likeness (QED) is 0.563. The Bertz CT molecular complexity index is 1040. The van der Waals surface area contributed by atoms with Gasteiger partial charge in [0.2, 0.25) is 0 Å². The number of carbonyl (C=O) groups is 3. The molecule has 7 heteroatoms. The highest BCUT2D eigenvalue weighted by molar-refractivity contribution is 6.11. The molecule has 4 rings (SSSR count). The van der Waals surface area contributed by atoms with Gasteiger partial charge in [-0.3, -0.25) is 14.5 Å². The minimum atomic E-state index is -1.13. The first-order valence-corrected chi connectivity index (χ1v) is 10.2. The molecule has 1 atom stereocenters. The summed E-state index contributed by atoms with van der Waals surface area (Å²) >= 11 is 0. The number of para-hydroxylation sites is 1. The fourth-order valence-corrected chi connectivity index (χ4v) is 4.42. The van der Waals surface area contributed by atoms with E-state index in [9.17, 15) is 14.4 Å². The van der Waals surface area contributed by atoms with Crippen LogP contribution in [0.15, 0.2) is 30.3 Å². The molecule has 7 nitrogen and oxygen atoms in total. The van der Waals surface area contributed by atoms with Gasteiger partial charge >= 0.3 is 6.03 Å². The van der Waals surface area contributed by atoms with E-state index in [0.717, 1.165) is 34.7 Å². The van der Waals surface area contributed by atoms with Gasteiger partial charge in [-0.05, 0) is 51.3 Å². The molecule has 2 fully saturated rings. The number of nitrogens with one attached hydrogen (secondary N) is 1. The molecule has 1 saturated carbocycles. The Morgan fingerprint density at radius 2 is 1.93 bits per heavy atom. The lowest BCUT2D eigenvalue weighted by Crippen LogP contribution is -2.46. The van der Waals surface area contributed by atoms with Gasteiger partial charge in [-0.15, -0.1) is 0 Å². The molecule has 1 N–H and O–H groups in total. The molecule has 0 spiro atoms. The Morgan fingerprint density at radius 1 is 1.23 bits per heavy atom. The average Bonchev–Trinajstić information content (AvgIpc) is 3.46. The van der Waals surface area contributed by atoms with Crippen LogP contribution in [0.5, 0.6) is 5.75 Å². The Balaban J connectivity index is 1.53. The lowest BCUT2D eigenvalue weighted by atomic mass is 9.92. The molecule has 1 aliphatic heterocycles. The predicted molar refractivity (Wildman–Crippen MR) is 112 cm³/mol. The van der Waals surface area contributed by atoms with E-state index in [1.807, 2.05) is 44.2 Å². The predicted octanol–water partition coefficient (Wildman–Crippen LogP) is 3.18. The summed E-state index contributed by atoms with van der Waals surface area (Å²) in [6, 6.07) is 9.18. The summed E-state index contributed by atoms with van der Waals surface area (Å²) < 4.78 is 7.55. The third-order valence-electron chi connectivity index (χ3n) is 6.08. The van der Waals surface area contributed by atoms with E-state index >= 15 is 0 Å². The molecule has 1 saturated heterocycles. The van der Waals surface area contributed by atoms with Gasteiger partial charge < -0.3 is 14.6 Å². The number of urea groups is 1. The van der Waals surface area contributed by atoms with Crippen LogP contribution in [0.25, 0.3) is 0 Å². The van der Waals surface area contributed by atoms with Crippen LogP contribution >= 0.6 is 0 Å². The number of carbonyl (C=O) groups excluding carboxylic acids is 3. The van der Waals surface area contributed by atoms with Crippen molar-refractivity contribution < 1.29 is 19.1 Å². The smallest absolute Gasteiger partial charge is 0.325 e. The lowest BCUT2D eigenvalue weighted by Gasteiger charge is -2.22. The number of aryl methyl sites for hydroxylation is 1. The van der Waals surface area contributed by atoms with Gasteiger partial charge in [0.25, 0.3) is 5.91 Å². The molecule has 30 heavy (non-hydrogen) atoms. The first-order valence-electron chi connectivity index (χ1n) is 10.2. The van der Waals surface area contributed by atoms with Crippen molar-refractivity contribution in [2.75, 3.05) is 13.7 Å². The monoisotopic (exact) mass is 409 g/mol. The number of imide groups is 1. The van der Waals surface area contributed by atoms with Gasteiger partial charge in [0.15, 0.2) is 5.78 Å². The molecule has 2 aliphatic rings. The van der Waals surface area contributed by atoms with Crippen molar-refractivity contribution in [3.05, 3.63) is 52.8 Å². The fourth-order valence-electron chi connectivity index (χ4n) is 4.42. The minimum absolute atomic E-state index is 0.222. The Labute approximate surface area is 176 Å². The van der Waals surface area contributed by atoms with E-state index in [2.05, 4.69) is 9.88 Å². The van der Waals surface area contributed by atoms with Crippen molar-refractivity contribution in [3.8, 4) is 5.75 Å². The van der Waals surface area contributed by atoms with E-state index in [0.29, 0.717) is 17.4 Å². The highest BCUT2D eigenvalue weighted by Crippen LogP contribution is 2.38. The third kappa shape index (κ3) is 3.38. The minimum Gasteiger partial charge on any atom is -0.496 e. The molecule has 0 bridgehead atoms. The van der Waals surface area contributed by atoms with Crippen LogP contribution in [0.1, 0.15) is 53.1 Å². The van der Waals surface area contributed by atoms with Crippen LogP contribution in [0.3, 0.4) is 0 Å². The van der Waals surface area contributed by atoms with Gasteiger partial charge in [-0.1, -0.05) is 18.2 Å². The Kier molecular flexibility index (Phi) is 4.92. The zero-order chi connectivity index (χ0) is 21.6.